The summed E-state index contributed by atoms with van der Waals surface area (Å²) >= 11 is 0. The quantitative estimate of drug-likeness (QED) is 0.255. The van der Waals surface area contributed by atoms with Crippen LogP contribution in [0.15, 0.2) is 11.5 Å². The highest BCUT2D eigenvalue weighted by Gasteiger charge is 2.42. The molecule has 0 fully saturated rings. The van der Waals surface area contributed by atoms with Crippen molar-refractivity contribution in [2.45, 2.75) is 70.5 Å². The molecule has 2 unspecified atom stereocenters. The number of aliphatic hydroxyl groups excluding tert-OH is 3. The zero-order valence-corrected chi connectivity index (χ0v) is 20.4. The Hall–Kier alpha value is -0.699. The van der Waals surface area contributed by atoms with Crippen molar-refractivity contribution in [2.24, 2.45) is 0 Å². The number of hydrogen-bond acceptors (Lipinski definition) is 8. The van der Waals surface area contributed by atoms with Crippen LogP contribution in [0.25, 0.3) is 0 Å². The molecule has 2 atom stereocenters. The molecule has 0 aliphatic carbocycles. The van der Waals surface area contributed by atoms with Crippen LogP contribution in [-0.4, -0.2) is 71.9 Å². The Morgan fingerprint density at radius 3 is 2.04 bits per heavy atom. The summed E-state index contributed by atoms with van der Waals surface area (Å²) in [5, 5.41) is 28.5. The number of carbonyl (C=O) groups is 1. The lowest BCUT2D eigenvalue weighted by molar-refractivity contribution is -0.148. The zero-order valence-electron chi connectivity index (χ0n) is 17.4. The Kier molecular flexibility index (Phi) is 8.29. The molecule has 0 saturated carbocycles. The van der Waals surface area contributed by atoms with E-state index in [1.165, 1.54) is 0 Å². The van der Waals surface area contributed by atoms with Crippen LogP contribution in [0, 0.1) is 0 Å². The molecule has 0 aromatic heterocycles. The molecule has 1 rings (SSSR count). The van der Waals surface area contributed by atoms with Crippen LogP contribution in [0.3, 0.4) is 0 Å². The van der Waals surface area contributed by atoms with Gasteiger partial charge in [-0.2, -0.15) is 0 Å². The van der Waals surface area contributed by atoms with Gasteiger partial charge in [-0.05, 0) is 58.3 Å². The van der Waals surface area contributed by atoms with Crippen LogP contribution in [-0.2, 0) is 22.5 Å². The predicted molar refractivity (Wildman–Crippen MR) is 108 cm³/mol. The first-order valence-corrected chi connectivity index (χ1v) is 18.5. The number of aliphatic hydroxyl groups is 3. The highest BCUT2D eigenvalue weighted by atomic mass is 28.5. The van der Waals surface area contributed by atoms with Gasteiger partial charge in [-0.3, -0.25) is 0 Å². The third-order valence-electron chi connectivity index (χ3n) is 3.52. The summed E-state index contributed by atoms with van der Waals surface area (Å²) in [5.74, 6) is -1.65. The van der Waals surface area contributed by atoms with Crippen molar-refractivity contribution in [2.75, 3.05) is 13.2 Å². The summed E-state index contributed by atoms with van der Waals surface area (Å²) < 4.78 is 23.0. The van der Waals surface area contributed by atoms with Gasteiger partial charge in [0.05, 0.1) is 13.2 Å². The molecule has 11 heteroatoms. The summed E-state index contributed by atoms with van der Waals surface area (Å²) in [7, 11) is -5.96. The second kappa shape index (κ2) is 9.20. The second-order valence-electron chi connectivity index (χ2n) is 8.80. The Balaban J connectivity index is 2.68. The van der Waals surface area contributed by atoms with Gasteiger partial charge in [-0.1, -0.05) is 0 Å². The average molecular weight is 439 g/mol. The van der Waals surface area contributed by atoms with Crippen molar-refractivity contribution in [3.63, 3.8) is 0 Å². The van der Waals surface area contributed by atoms with Gasteiger partial charge in [0.2, 0.25) is 5.76 Å². The highest BCUT2D eigenvalue weighted by molar-refractivity contribution is 6.87. The van der Waals surface area contributed by atoms with Gasteiger partial charge >= 0.3 is 14.5 Å². The lowest BCUT2D eigenvalue weighted by Gasteiger charge is -2.38. The van der Waals surface area contributed by atoms with Gasteiger partial charge in [-0.25, -0.2) is 4.79 Å². The molecule has 8 nitrogen and oxygen atoms in total. The molecule has 0 aromatic carbocycles. The molecule has 158 valence electrons. The fourth-order valence-corrected chi connectivity index (χ4v) is 15.4. The van der Waals surface area contributed by atoms with Crippen molar-refractivity contribution in [1.29, 1.82) is 0 Å². The first-order chi connectivity index (χ1) is 12.2. The van der Waals surface area contributed by atoms with Crippen molar-refractivity contribution in [3.8, 4) is 0 Å². The van der Waals surface area contributed by atoms with Crippen LogP contribution in [0.4, 0.5) is 0 Å². The lowest BCUT2D eigenvalue weighted by atomic mass is 10.2. The molecule has 1 heterocycles. The minimum atomic E-state index is -2.39. The topological polar surface area (TPSA) is 115 Å². The SMILES string of the molecule is C[Si](C)(C)O[Si](C)(CCCOC1=C(O)C(C(O)CO)OC1=O)O[Si](C)(C)C. The van der Waals surface area contributed by atoms with Gasteiger partial charge in [0.15, 0.2) is 28.5 Å². The molecule has 3 N–H and O–H groups in total. The number of esters is 1. The molecule has 0 spiro atoms. The van der Waals surface area contributed by atoms with E-state index >= 15 is 0 Å². The Morgan fingerprint density at radius 1 is 1.07 bits per heavy atom. The van der Waals surface area contributed by atoms with Gasteiger partial charge < -0.3 is 33.0 Å². The summed E-state index contributed by atoms with van der Waals surface area (Å²) in [4.78, 5) is 11.8. The van der Waals surface area contributed by atoms with E-state index in [0.717, 1.165) is 0 Å². The number of rotatable bonds is 11. The first kappa shape index (κ1) is 24.3. The maximum absolute atomic E-state index is 11.8. The van der Waals surface area contributed by atoms with E-state index in [0.29, 0.717) is 12.5 Å². The lowest BCUT2D eigenvalue weighted by Crippen LogP contribution is -2.52. The molecule has 27 heavy (non-hydrogen) atoms. The molecule has 0 radical (unpaired) electrons. The number of hydrogen-bond donors (Lipinski definition) is 3. The van der Waals surface area contributed by atoms with Crippen LogP contribution in [0.5, 0.6) is 0 Å². The third-order valence-corrected chi connectivity index (χ3v) is 13.1. The van der Waals surface area contributed by atoms with Gasteiger partial charge in [0.1, 0.15) is 6.10 Å². The van der Waals surface area contributed by atoms with E-state index in [-0.39, 0.29) is 12.4 Å². The molecule has 0 bridgehead atoms. The van der Waals surface area contributed by atoms with E-state index in [1.807, 2.05) is 0 Å². The van der Waals surface area contributed by atoms with E-state index in [4.69, 9.17) is 22.8 Å². The van der Waals surface area contributed by atoms with Gasteiger partial charge in [-0.15, -0.1) is 0 Å². The minimum Gasteiger partial charge on any atom is -0.505 e. The first-order valence-electron chi connectivity index (χ1n) is 9.14. The van der Waals surface area contributed by atoms with E-state index in [1.54, 1.807) is 0 Å². The van der Waals surface area contributed by atoms with E-state index < -0.39 is 55.7 Å². The maximum atomic E-state index is 11.8. The summed E-state index contributed by atoms with van der Waals surface area (Å²) in [6, 6.07) is 0.702. The standard InChI is InChI=1S/C16H34O8Si3/c1-25(2,3)23-27(7,24-26(4,5)6)10-8-9-21-15-13(19)14(12(18)11-17)22-16(15)20/h12,14,17-19H,8-11H2,1-7H3. The Morgan fingerprint density at radius 2 is 1.59 bits per heavy atom. The molecule has 1 aliphatic heterocycles. The van der Waals surface area contributed by atoms with Crippen LogP contribution in [0.2, 0.25) is 51.9 Å². The van der Waals surface area contributed by atoms with Gasteiger partial charge in [0.25, 0.3) is 0 Å². The number of carbonyl (C=O) groups excluding carboxylic acids is 1. The predicted octanol–water partition coefficient (Wildman–Crippen LogP) is 2.22. The smallest absolute Gasteiger partial charge is 0.378 e. The Labute approximate surface area is 164 Å². The van der Waals surface area contributed by atoms with Crippen molar-refractivity contribution in [3.05, 3.63) is 11.5 Å². The number of cyclic esters (lactones) is 1. The van der Waals surface area contributed by atoms with Gasteiger partial charge in [0, 0.05) is 0 Å². The van der Waals surface area contributed by atoms with Crippen LogP contribution < -0.4 is 0 Å². The largest absolute Gasteiger partial charge is 0.505 e. The summed E-state index contributed by atoms with van der Waals surface area (Å²) in [6.45, 7) is 14.4. The normalized spacial score (nSPS) is 20.0. The molecular formula is C16H34O8Si3. The van der Waals surface area contributed by atoms with Crippen LogP contribution >= 0.6 is 0 Å². The van der Waals surface area contributed by atoms with E-state index in [9.17, 15) is 15.0 Å². The highest BCUT2D eigenvalue weighted by Crippen LogP contribution is 2.27. The average Bonchev–Trinajstić information content (AvgIpc) is 2.74. The maximum Gasteiger partial charge on any atom is 0.378 e. The minimum absolute atomic E-state index is 0.184. The van der Waals surface area contributed by atoms with Crippen molar-refractivity contribution in [1.82, 2.24) is 0 Å². The summed E-state index contributed by atoms with van der Waals surface area (Å²) in [5.41, 5.74) is 0. The van der Waals surface area contributed by atoms with Crippen molar-refractivity contribution < 1.29 is 37.8 Å². The molecule has 0 aromatic rings. The number of ether oxygens (including phenoxy) is 2. The molecule has 0 amide bonds. The monoisotopic (exact) mass is 438 g/mol. The second-order valence-corrected chi connectivity index (χ2v) is 21.7. The fourth-order valence-electron chi connectivity index (χ4n) is 2.93. The van der Waals surface area contributed by atoms with Crippen LogP contribution in [0.1, 0.15) is 6.42 Å². The van der Waals surface area contributed by atoms with Crippen molar-refractivity contribution >= 4 is 31.2 Å². The summed E-state index contributed by atoms with van der Waals surface area (Å²) in [6.07, 6.45) is -2.08. The van der Waals surface area contributed by atoms with E-state index in [2.05, 4.69) is 45.8 Å². The fraction of sp³-hybridized carbons (Fsp3) is 0.812. The molecule has 0 saturated heterocycles. The Bertz CT molecular complexity index is 537. The third kappa shape index (κ3) is 8.05. The molecular weight excluding hydrogens is 404 g/mol. The molecule has 1 aliphatic rings. The zero-order chi connectivity index (χ0) is 21.0.